The summed E-state index contributed by atoms with van der Waals surface area (Å²) in [6.45, 7) is 4.61. The van der Waals surface area contributed by atoms with Crippen molar-refractivity contribution in [1.82, 2.24) is 15.0 Å². The Kier molecular flexibility index (Phi) is 3.94. The molecule has 6 heteroatoms. The second kappa shape index (κ2) is 5.88. The summed E-state index contributed by atoms with van der Waals surface area (Å²) in [6, 6.07) is 3.68. The number of carbonyl (C=O) groups excluding carboxylic acids is 1. The Labute approximate surface area is 128 Å². The van der Waals surface area contributed by atoms with Crippen molar-refractivity contribution in [1.29, 1.82) is 0 Å². The summed E-state index contributed by atoms with van der Waals surface area (Å²) in [5.74, 6) is 0.619. The van der Waals surface area contributed by atoms with Crippen molar-refractivity contribution in [3.63, 3.8) is 0 Å². The molecule has 6 nitrogen and oxygen atoms in total. The zero-order valence-electron chi connectivity index (χ0n) is 12.7. The van der Waals surface area contributed by atoms with Gasteiger partial charge < -0.3 is 14.5 Å². The van der Waals surface area contributed by atoms with Crippen molar-refractivity contribution < 1.29 is 14.4 Å². The lowest BCUT2D eigenvalue weighted by Gasteiger charge is -2.15. The van der Waals surface area contributed by atoms with Gasteiger partial charge in [0.15, 0.2) is 0 Å². The van der Waals surface area contributed by atoms with Gasteiger partial charge in [0.1, 0.15) is 5.76 Å². The first kappa shape index (κ1) is 14.7. The van der Waals surface area contributed by atoms with Crippen molar-refractivity contribution in [2.75, 3.05) is 13.1 Å². The lowest BCUT2D eigenvalue weighted by Crippen LogP contribution is -2.29. The third kappa shape index (κ3) is 3.01. The highest BCUT2D eigenvalue weighted by Crippen LogP contribution is 2.23. The summed E-state index contributed by atoms with van der Waals surface area (Å²) in [5.41, 5.74) is 2.32. The Morgan fingerprint density at radius 1 is 1.36 bits per heavy atom. The number of nitrogens with zero attached hydrogens (tertiary/aromatic N) is 3. The van der Waals surface area contributed by atoms with E-state index in [0.29, 0.717) is 25.1 Å². The van der Waals surface area contributed by atoms with Gasteiger partial charge in [-0.15, -0.1) is 0 Å². The summed E-state index contributed by atoms with van der Waals surface area (Å²) < 4.78 is 5.20. The quantitative estimate of drug-likeness (QED) is 0.926. The van der Waals surface area contributed by atoms with Crippen LogP contribution in [0.15, 0.2) is 29.0 Å². The summed E-state index contributed by atoms with van der Waals surface area (Å²) in [6.07, 6.45) is 3.31. The lowest BCUT2D eigenvalue weighted by molar-refractivity contribution is 0.0764. The summed E-state index contributed by atoms with van der Waals surface area (Å²) in [5, 5.41) is 14.1. The van der Waals surface area contributed by atoms with Crippen molar-refractivity contribution in [3.05, 3.63) is 47.1 Å². The number of aliphatic hydroxyl groups is 1. The van der Waals surface area contributed by atoms with E-state index in [0.717, 1.165) is 17.0 Å². The van der Waals surface area contributed by atoms with Crippen LogP contribution in [0.2, 0.25) is 0 Å². The monoisotopic (exact) mass is 301 g/mol. The Morgan fingerprint density at radius 2 is 2.18 bits per heavy atom. The average molecular weight is 301 g/mol. The highest BCUT2D eigenvalue weighted by molar-refractivity contribution is 5.94. The van der Waals surface area contributed by atoms with E-state index >= 15 is 0 Å². The van der Waals surface area contributed by atoms with Crippen LogP contribution in [-0.2, 0) is 6.42 Å². The highest BCUT2D eigenvalue weighted by atomic mass is 16.5. The SMILES string of the molecule is Cc1cncc(C(=O)N2C[C@@H](Cc3cc(C)no3)[C@@H](O)C2)c1. The second-order valence-corrected chi connectivity index (χ2v) is 5.93. The van der Waals surface area contributed by atoms with Crippen molar-refractivity contribution >= 4 is 5.91 Å². The van der Waals surface area contributed by atoms with Crippen LogP contribution in [-0.4, -0.2) is 45.2 Å². The smallest absolute Gasteiger partial charge is 0.255 e. The number of hydrogen-bond donors (Lipinski definition) is 1. The van der Waals surface area contributed by atoms with Crippen LogP contribution in [0.4, 0.5) is 0 Å². The molecule has 0 spiro atoms. The first-order chi connectivity index (χ1) is 10.5. The third-order valence-electron chi connectivity index (χ3n) is 3.96. The molecule has 2 aromatic heterocycles. The zero-order valence-corrected chi connectivity index (χ0v) is 12.7. The molecule has 1 aliphatic rings. The lowest BCUT2D eigenvalue weighted by atomic mass is 10.0. The summed E-state index contributed by atoms with van der Waals surface area (Å²) >= 11 is 0. The Bertz CT molecular complexity index is 683. The van der Waals surface area contributed by atoms with E-state index in [4.69, 9.17) is 4.52 Å². The Hall–Kier alpha value is -2.21. The van der Waals surface area contributed by atoms with Gasteiger partial charge in [0, 0.05) is 43.9 Å². The van der Waals surface area contributed by atoms with Crippen molar-refractivity contribution in [2.45, 2.75) is 26.4 Å². The van der Waals surface area contributed by atoms with Gasteiger partial charge in [-0.25, -0.2) is 0 Å². The maximum atomic E-state index is 12.5. The molecule has 2 atom stereocenters. The number of aryl methyl sites for hydroxylation is 2. The zero-order chi connectivity index (χ0) is 15.7. The van der Waals surface area contributed by atoms with Crippen LogP contribution in [0.25, 0.3) is 0 Å². The standard InChI is InChI=1S/C16H19N3O3/c1-10-3-12(7-17-6-10)16(21)19-8-13(15(20)9-19)5-14-4-11(2)18-22-14/h3-4,6-7,13,15,20H,5,8-9H2,1-2H3/t13-,15+/m1/s1. The Morgan fingerprint density at radius 3 is 2.86 bits per heavy atom. The largest absolute Gasteiger partial charge is 0.391 e. The number of carbonyl (C=O) groups is 1. The minimum atomic E-state index is -0.549. The fraction of sp³-hybridized carbons (Fsp3) is 0.438. The molecule has 0 aromatic carbocycles. The first-order valence-corrected chi connectivity index (χ1v) is 7.34. The number of pyridine rings is 1. The topological polar surface area (TPSA) is 79.5 Å². The number of aromatic nitrogens is 2. The van der Waals surface area contributed by atoms with E-state index < -0.39 is 6.10 Å². The number of rotatable bonds is 3. The molecule has 116 valence electrons. The molecular formula is C16H19N3O3. The minimum Gasteiger partial charge on any atom is -0.391 e. The summed E-state index contributed by atoms with van der Waals surface area (Å²) in [4.78, 5) is 18.2. The first-order valence-electron chi connectivity index (χ1n) is 7.34. The molecule has 1 saturated heterocycles. The van der Waals surface area contributed by atoms with Crippen LogP contribution >= 0.6 is 0 Å². The van der Waals surface area contributed by atoms with E-state index in [1.54, 1.807) is 17.3 Å². The molecule has 1 amide bonds. The van der Waals surface area contributed by atoms with E-state index in [1.165, 1.54) is 0 Å². The van der Waals surface area contributed by atoms with Gasteiger partial charge in [0.25, 0.3) is 5.91 Å². The molecule has 3 heterocycles. The van der Waals surface area contributed by atoms with Crippen molar-refractivity contribution in [2.24, 2.45) is 5.92 Å². The molecular weight excluding hydrogens is 282 g/mol. The van der Waals surface area contributed by atoms with Gasteiger partial charge in [-0.2, -0.15) is 0 Å². The Balaban J connectivity index is 1.68. The van der Waals surface area contributed by atoms with E-state index in [-0.39, 0.29) is 11.8 Å². The van der Waals surface area contributed by atoms with Gasteiger partial charge in [0.05, 0.1) is 17.4 Å². The van der Waals surface area contributed by atoms with Gasteiger partial charge in [-0.3, -0.25) is 9.78 Å². The maximum Gasteiger partial charge on any atom is 0.255 e. The molecule has 0 aliphatic carbocycles. The molecule has 2 aromatic rings. The van der Waals surface area contributed by atoms with Gasteiger partial charge >= 0.3 is 0 Å². The van der Waals surface area contributed by atoms with Crippen LogP contribution in [0.3, 0.4) is 0 Å². The van der Waals surface area contributed by atoms with E-state index in [9.17, 15) is 9.90 Å². The molecule has 0 saturated carbocycles. The van der Waals surface area contributed by atoms with Crippen molar-refractivity contribution in [3.8, 4) is 0 Å². The van der Waals surface area contributed by atoms with Crippen LogP contribution in [0.1, 0.15) is 27.4 Å². The average Bonchev–Trinajstić information content (AvgIpc) is 3.05. The second-order valence-electron chi connectivity index (χ2n) is 5.93. The highest BCUT2D eigenvalue weighted by Gasteiger charge is 2.35. The molecule has 1 N–H and O–H groups in total. The van der Waals surface area contributed by atoms with E-state index in [1.807, 2.05) is 26.0 Å². The number of β-amino-alcohol motifs (C(OH)–C–C–N with tert-alkyl or cyclic N) is 1. The normalized spacial score (nSPS) is 21.3. The molecule has 1 aliphatic heterocycles. The molecule has 3 rings (SSSR count). The predicted molar refractivity (Wildman–Crippen MR) is 79.3 cm³/mol. The van der Waals surface area contributed by atoms with Gasteiger partial charge in [0.2, 0.25) is 0 Å². The summed E-state index contributed by atoms with van der Waals surface area (Å²) in [7, 11) is 0. The molecule has 0 radical (unpaired) electrons. The van der Waals surface area contributed by atoms with Crippen LogP contribution in [0, 0.1) is 19.8 Å². The predicted octanol–water partition coefficient (Wildman–Crippen LogP) is 1.36. The minimum absolute atomic E-state index is 0.0333. The van der Waals surface area contributed by atoms with Gasteiger partial charge in [-0.05, 0) is 25.5 Å². The van der Waals surface area contributed by atoms with E-state index in [2.05, 4.69) is 10.1 Å². The van der Waals surface area contributed by atoms with Gasteiger partial charge in [-0.1, -0.05) is 5.16 Å². The maximum absolute atomic E-state index is 12.5. The fourth-order valence-electron chi connectivity index (χ4n) is 2.85. The third-order valence-corrected chi connectivity index (χ3v) is 3.96. The van der Waals surface area contributed by atoms with Crippen LogP contribution < -0.4 is 0 Å². The number of aliphatic hydroxyl groups excluding tert-OH is 1. The number of likely N-dealkylation sites (tertiary alicyclic amines) is 1. The molecule has 0 unspecified atom stereocenters. The molecule has 0 bridgehead atoms. The number of hydrogen-bond acceptors (Lipinski definition) is 5. The van der Waals surface area contributed by atoms with Crippen LogP contribution in [0.5, 0.6) is 0 Å². The number of amides is 1. The molecule has 1 fully saturated rings. The fourth-order valence-corrected chi connectivity index (χ4v) is 2.85. The molecule has 22 heavy (non-hydrogen) atoms.